The van der Waals surface area contributed by atoms with Gasteiger partial charge < -0.3 is 15.8 Å². The average Bonchev–Trinajstić information content (AvgIpc) is 2.82. The molecule has 3 N–H and O–H groups in total. The second kappa shape index (κ2) is 6.64. The number of alkyl halides is 2. The van der Waals surface area contributed by atoms with Gasteiger partial charge in [0, 0.05) is 12.1 Å². The Hall–Kier alpha value is -2.71. The lowest BCUT2D eigenvalue weighted by atomic mass is 10.2. The smallest absolute Gasteiger partial charge is 0.387 e. The summed E-state index contributed by atoms with van der Waals surface area (Å²) in [5.74, 6) is -0.261. The fourth-order valence-electron chi connectivity index (χ4n) is 1.64. The lowest BCUT2D eigenvalue weighted by Gasteiger charge is -2.11. The summed E-state index contributed by atoms with van der Waals surface area (Å²) in [6, 6.07) is 6.23. The number of hydrogen-bond donors (Lipinski definition) is 2. The van der Waals surface area contributed by atoms with Crippen LogP contribution in [0.1, 0.15) is 5.56 Å². The number of ether oxygens (including phenoxy) is 1. The summed E-state index contributed by atoms with van der Waals surface area (Å²) >= 11 is 0. The van der Waals surface area contributed by atoms with Crippen molar-refractivity contribution in [1.82, 2.24) is 20.1 Å². The van der Waals surface area contributed by atoms with Crippen LogP contribution in [0.5, 0.6) is 5.75 Å². The molecule has 21 heavy (non-hydrogen) atoms. The second-order valence-corrected chi connectivity index (χ2v) is 4.06. The number of carbonyl (C=O) groups excluding carboxylic acids is 1. The minimum atomic E-state index is -2.92. The zero-order valence-electron chi connectivity index (χ0n) is 10.9. The number of halogens is 2. The van der Waals surface area contributed by atoms with Crippen molar-refractivity contribution in [2.75, 3.05) is 5.73 Å². The van der Waals surface area contributed by atoms with Gasteiger partial charge in [-0.3, -0.25) is 4.79 Å². The van der Waals surface area contributed by atoms with E-state index in [1.165, 1.54) is 17.1 Å². The maximum Gasteiger partial charge on any atom is 0.387 e. The van der Waals surface area contributed by atoms with Gasteiger partial charge in [-0.25, -0.2) is 9.67 Å². The third kappa shape index (κ3) is 4.41. The molecule has 0 aliphatic carbocycles. The standard InChI is InChI=1S/C12H13F2N5O2/c13-11(14)21-9-4-2-1-3-8(9)5-16-10(20)6-19-7-17-12(15)18-19/h1-4,7,11H,5-6H2,(H2,15,18)(H,16,20). The summed E-state index contributed by atoms with van der Waals surface area (Å²) < 4.78 is 30.1. The Morgan fingerprint density at radius 2 is 2.19 bits per heavy atom. The van der Waals surface area contributed by atoms with Crippen molar-refractivity contribution in [3.8, 4) is 5.75 Å². The fourth-order valence-corrected chi connectivity index (χ4v) is 1.64. The highest BCUT2D eigenvalue weighted by Crippen LogP contribution is 2.19. The molecule has 0 saturated heterocycles. The molecular weight excluding hydrogens is 284 g/mol. The Morgan fingerprint density at radius 1 is 1.43 bits per heavy atom. The Balaban J connectivity index is 1.92. The number of anilines is 1. The molecule has 2 aromatic rings. The van der Waals surface area contributed by atoms with Crippen LogP contribution < -0.4 is 15.8 Å². The molecule has 0 aliphatic rings. The van der Waals surface area contributed by atoms with Crippen LogP contribution in [-0.2, 0) is 17.9 Å². The van der Waals surface area contributed by atoms with Crippen LogP contribution in [0.4, 0.5) is 14.7 Å². The maximum absolute atomic E-state index is 12.2. The van der Waals surface area contributed by atoms with Crippen LogP contribution >= 0.6 is 0 Å². The number of nitrogens with two attached hydrogens (primary N) is 1. The van der Waals surface area contributed by atoms with Gasteiger partial charge in [0.15, 0.2) is 0 Å². The van der Waals surface area contributed by atoms with Crippen LogP contribution in [0.15, 0.2) is 30.6 Å². The molecule has 0 atom stereocenters. The first-order valence-corrected chi connectivity index (χ1v) is 5.99. The Bertz CT molecular complexity index is 617. The van der Waals surface area contributed by atoms with Gasteiger partial charge in [0.05, 0.1) is 0 Å². The molecule has 1 aromatic carbocycles. The maximum atomic E-state index is 12.2. The number of benzene rings is 1. The summed E-state index contributed by atoms with van der Waals surface area (Å²) in [5.41, 5.74) is 5.77. The number of amides is 1. The van der Waals surface area contributed by atoms with Gasteiger partial charge >= 0.3 is 6.61 Å². The molecule has 0 fully saturated rings. The highest BCUT2D eigenvalue weighted by Gasteiger charge is 2.10. The van der Waals surface area contributed by atoms with E-state index in [4.69, 9.17) is 5.73 Å². The lowest BCUT2D eigenvalue weighted by molar-refractivity contribution is -0.122. The van der Waals surface area contributed by atoms with E-state index in [0.29, 0.717) is 5.56 Å². The van der Waals surface area contributed by atoms with E-state index in [0.717, 1.165) is 0 Å². The van der Waals surface area contributed by atoms with E-state index in [1.807, 2.05) is 0 Å². The minimum absolute atomic E-state index is 0.0257. The summed E-state index contributed by atoms with van der Waals surface area (Å²) in [7, 11) is 0. The molecule has 0 bridgehead atoms. The minimum Gasteiger partial charge on any atom is -0.434 e. The van der Waals surface area contributed by atoms with Gasteiger partial charge in [-0.2, -0.15) is 8.78 Å². The number of carbonyl (C=O) groups is 1. The number of hydrogen-bond acceptors (Lipinski definition) is 5. The van der Waals surface area contributed by atoms with Crippen molar-refractivity contribution in [2.45, 2.75) is 19.7 Å². The Labute approximate surface area is 118 Å². The van der Waals surface area contributed by atoms with Gasteiger partial charge in [0.2, 0.25) is 11.9 Å². The lowest BCUT2D eigenvalue weighted by Crippen LogP contribution is -2.27. The Kier molecular flexibility index (Phi) is 4.64. The molecular formula is C12H13F2N5O2. The molecule has 0 aliphatic heterocycles. The van der Waals surface area contributed by atoms with E-state index in [1.54, 1.807) is 18.2 Å². The number of nitrogens with one attached hydrogen (secondary N) is 1. The van der Waals surface area contributed by atoms with Gasteiger partial charge in [0.1, 0.15) is 18.6 Å². The highest BCUT2D eigenvalue weighted by molar-refractivity contribution is 5.75. The van der Waals surface area contributed by atoms with Crippen molar-refractivity contribution < 1.29 is 18.3 Å². The van der Waals surface area contributed by atoms with Crippen LogP contribution in [0.2, 0.25) is 0 Å². The van der Waals surface area contributed by atoms with E-state index in [-0.39, 0.29) is 30.7 Å². The van der Waals surface area contributed by atoms with Crippen molar-refractivity contribution in [2.24, 2.45) is 0 Å². The van der Waals surface area contributed by atoms with Gasteiger partial charge in [0.25, 0.3) is 0 Å². The number of nitrogen functional groups attached to an aromatic ring is 1. The largest absolute Gasteiger partial charge is 0.434 e. The number of aromatic nitrogens is 3. The molecule has 0 radical (unpaired) electrons. The first-order valence-electron chi connectivity index (χ1n) is 5.99. The number of rotatable bonds is 6. The van der Waals surface area contributed by atoms with E-state index < -0.39 is 6.61 Å². The second-order valence-electron chi connectivity index (χ2n) is 4.06. The summed E-state index contributed by atoms with van der Waals surface area (Å²) in [6.07, 6.45) is 1.32. The molecule has 1 heterocycles. The van der Waals surface area contributed by atoms with Gasteiger partial charge in [-0.05, 0) is 6.07 Å². The molecule has 112 valence electrons. The zero-order chi connectivity index (χ0) is 15.2. The van der Waals surface area contributed by atoms with E-state index in [2.05, 4.69) is 20.1 Å². The molecule has 0 unspecified atom stereocenters. The van der Waals surface area contributed by atoms with Gasteiger partial charge in [-0.15, -0.1) is 5.10 Å². The summed E-state index contributed by atoms with van der Waals surface area (Å²) in [4.78, 5) is 15.4. The molecule has 9 heteroatoms. The molecule has 1 aromatic heterocycles. The summed E-state index contributed by atoms with van der Waals surface area (Å²) in [6.45, 7) is -2.92. The predicted octanol–water partition coefficient (Wildman–Crippen LogP) is 0.778. The van der Waals surface area contributed by atoms with Crippen molar-refractivity contribution in [3.05, 3.63) is 36.2 Å². The third-order valence-electron chi connectivity index (χ3n) is 2.52. The van der Waals surface area contributed by atoms with Crippen molar-refractivity contribution in [3.63, 3.8) is 0 Å². The summed E-state index contributed by atoms with van der Waals surface area (Å²) in [5, 5.41) is 6.34. The fraction of sp³-hybridized carbons (Fsp3) is 0.250. The molecule has 1 amide bonds. The Morgan fingerprint density at radius 3 is 2.86 bits per heavy atom. The van der Waals surface area contributed by atoms with E-state index in [9.17, 15) is 13.6 Å². The van der Waals surface area contributed by atoms with Crippen LogP contribution in [0.25, 0.3) is 0 Å². The molecule has 7 nitrogen and oxygen atoms in total. The van der Waals surface area contributed by atoms with Gasteiger partial charge in [-0.1, -0.05) is 18.2 Å². The quantitative estimate of drug-likeness (QED) is 0.821. The predicted molar refractivity (Wildman–Crippen MR) is 69.4 cm³/mol. The molecule has 2 rings (SSSR count). The normalized spacial score (nSPS) is 10.6. The highest BCUT2D eigenvalue weighted by atomic mass is 19.3. The average molecular weight is 297 g/mol. The molecule has 0 spiro atoms. The van der Waals surface area contributed by atoms with Crippen molar-refractivity contribution in [1.29, 1.82) is 0 Å². The zero-order valence-corrected chi connectivity index (χ0v) is 10.9. The van der Waals surface area contributed by atoms with Crippen LogP contribution in [0, 0.1) is 0 Å². The third-order valence-corrected chi connectivity index (χ3v) is 2.52. The number of para-hydroxylation sites is 1. The topological polar surface area (TPSA) is 95.1 Å². The van der Waals surface area contributed by atoms with E-state index >= 15 is 0 Å². The molecule has 0 saturated carbocycles. The van der Waals surface area contributed by atoms with Crippen LogP contribution in [0.3, 0.4) is 0 Å². The SMILES string of the molecule is Nc1ncn(CC(=O)NCc2ccccc2OC(F)F)n1. The number of nitrogens with zero attached hydrogens (tertiary/aromatic N) is 3. The monoisotopic (exact) mass is 297 g/mol. The van der Waals surface area contributed by atoms with Crippen molar-refractivity contribution >= 4 is 11.9 Å². The van der Waals surface area contributed by atoms with Crippen LogP contribution in [-0.4, -0.2) is 27.3 Å². The first kappa shape index (κ1) is 14.7. The first-order chi connectivity index (χ1) is 10.0.